The van der Waals surface area contributed by atoms with Gasteiger partial charge in [-0.15, -0.1) is 0 Å². The third kappa shape index (κ3) is 3.02. The normalized spacial score (nSPS) is 31.8. The number of likely N-dealkylation sites (tertiary alicyclic amines) is 1. The van der Waals surface area contributed by atoms with Gasteiger partial charge in [0.25, 0.3) is 0 Å². The fourth-order valence-corrected chi connectivity index (χ4v) is 6.80. The average Bonchev–Trinajstić information content (AvgIpc) is 2.76. The highest BCUT2D eigenvalue weighted by Gasteiger charge is 2.45. The van der Waals surface area contributed by atoms with Gasteiger partial charge in [0.05, 0.1) is 5.56 Å². The van der Waals surface area contributed by atoms with Gasteiger partial charge in [0.2, 0.25) is 0 Å². The molecule has 1 aliphatic carbocycles. The Morgan fingerprint density at radius 1 is 1.10 bits per heavy atom. The lowest BCUT2D eigenvalue weighted by Crippen LogP contribution is -2.59. The SMILES string of the molecule is O=c1ccc2ccc(O)c(CN3CCCC4=C[C@H]5C[C@H](CN6CCCC[C@@H]56)[C@H]43)c2o1. The lowest BCUT2D eigenvalue weighted by Gasteiger charge is -2.54. The van der Waals surface area contributed by atoms with E-state index in [-0.39, 0.29) is 11.4 Å². The molecule has 2 bridgehead atoms. The van der Waals surface area contributed by atoms with Crippen molar-refractivity contribution in [1.82, 2.24) is 9.80 Å². The van der Waals surface area contributed by atoms with E-state index in [1.807, 2.05) is 6.07 Å². The van der Waals surface area contributed by atoms with Gasteiger partial charge in [-0.05, 0) is 75.2 Å². The van der Waals surface area contributed by atoms with Gasteiger partial charge in [-0.1, -0.05) is 18.1 Å². The molecule has 0 amide bonds. The summed E-state index contributed by atoms with van der Waals surface area (Å²) in [4.78, 5) is 17.2. The summed E-state index contributed by atoms with van der Waals surface area (Å²) in [6, 6.07) is 7.99. The first-order valence-corrected chi connectivity index (χ1v) is 11.6. The standard InChI is InChI=1S/C25H30N2O3/c28-22-8-6-16-7-9-23(29)30-25(16)20(22)15-27-11-3-4-17-12-18-13-19(24(17)27)14-26-10-2-1-5-21(18)26/h6-9,12,18-19,21,24,28H,1-5,10-11,13-15H2/t18-,19+,21-,24-/m0/s1. The maximum Gasteiger partial charge on any atom is 0.336 e. The van der Waals surface area contributed by atoms with Crippen molar-refractivity contribution in [2.75, 3.05) is 19.6 Å². The highest BCUT2D eigenvalue weighted by molar-refractivity contribution is 5.81. The van der Waals surface area contributed by atoms with E-state index >= 15 is 0 Å². The minimum absolute atomic E-state index is 0.223. The number of nitrogens with zero attached hydrogens (tertiary/aromatic N) is 2. The fraction of sp³-hybridized carbons (Fsp3) is 0.560. The van der Waals surface area contributed by atoms with Crippen molar-refractivity contribution in [3.8, 4) is 5.75 Å². The number of hydrogen-bond donors (Lipinski definition) is 1. The first kappa shape index (κ1) is 18.6. The summed E-state index contributed by atoms with van der Waals surface area (Å²) in [5.74, 6) is 1.61. The molecule has 0 unspecified atom stereocenters. The predicted octanol–water partition coefficient (Wildman–Crippen LogP) is 3.89. The van der Waals surface area contributed by atoms with Crippen molar-refractivity contribution >= 4 is 11.0 Å². The van der Waals surface area contributed by atoms with Crippen molar-refractivity contribution in [3.05, 3.63) is 51.9 Å². The van der Waals surface area contributed by atoms with Crippen LogP contribution in [0.3, 0.4) is 0 Å². The molecule has 2 aromatic rings. The molecule has 158 valence electrons. The van der Waals surface area contributed by atoms with Crippen molar-refractivity contribution in [2.24, 2.45) is 11.8 Å². The van der Waals surface area contributed by atoms with E-state index in [1.54, 1.807) is 17.7 Å². The third-order valence-electron chi connectivity index (χ3n) is 7.99. The Morgan fingerprint density at radius 3 is 2.93 bits per heavy atom. The van der Waals surface area contributed by atoms with Crippen LogP contribution in [0.2, 0.25) is 0 Å². The average molecular weight is 407 g/mol. The molecule has 3 aliphatic heterocycles. The third-order valence-corrected chi connectivity index (χ3v) is 7.99. The summed E-state index contributed by atoms with van der Waals surface area (Å²) in [5, 5.41) is 11.5. The molecule has 4 aliphatic rings. The highest BCUT2D eigenvalue weighted by Crippen LogP contribution is 2.45. The zero-order valence-electron chi connectivity index (χ0n) is 17.4. The number of piperidine rings is 3. The number of phenols is 1. The lowest BCUT2D eigenvalue weighted by atomic mass is 9.68. The fourth-order valence-electron chi connectivity index (χ4n) is 6.80. The topological polar surface area (TPSA) is 56.9 Å². The number of rotatable bonds is 2. The maximum absolute atomic E-state index is 11.9. The monoisotopic (exact) mass is 406 g/mol. The zero-order chi connectivity index (χ0) is 20.2. The Bertz CT molecular complexity index is 1060. The highest BCUT2D eigenvalue weighted by atomic mass is 16.4. The van der Waals surface area contributed by atoms with E-state index in [0.717, 1.165) is 35.9 Å². The van der Waals surface area contributed by atoms with Crippen LogP contribution in [0.1, 0.15) is 44.1 Å². The van der Waals surface area contributed by atoms with Gasteiger partial charge in [0.15, 0.2) is 0 Å². The number of hydrogen-bond acceptors (Lipinski definition) is 5. The van der Waals surface area contributed by atoms with Crippen molar-refractivity contribution in [2.45, 2.75) is 57.2 Å². The van der Waals surface area contributed by atoms with Crippen LogP contribution >= 0.6 is 0 Å². The van der Waals surface area contributed by atoms with Gasteiger partial charge < -0.3 is 9.52 Å². The first-order chi connectivity index (χ1) is 14.7. The van der Waals surface area contributed by atoms with Crippen LogP contribution in [0.4, 0.5) is 0 Å². The Hall–Kier alpha value is -2.11. The van der Waals surface area contributed by atoms with Gasteiger partial charge in [-0.2, -0.15) is 0 Å². The minimum atomic E-state index is -0.363. The lowest BCUT2D eigenvalue weighted by molar-refractivity contribution is -0.00274. The Morgan fingerprint density at radius 2 is 2.00 bits per heavy atom. The minimum Gasteiger partial charge on any atom is -0.507 e. The van der Waals surface area contributed by atoms with Gasteiger partial charge >= 0.3 is 5.63 Å². The van der Waals surface area contributed by atoms with Crippen LogP contribution in [-0.4, -0.2) is 46.6 Å². The van der Waals surface area contributed by atoms with Crippen LogP contribution in [0.15, 0.2) is 45.1 Å². The zero-order valence-corrected chi connectivity index (χ0v) is 17.4. The van der Waals surface area contributed by atoms with E-state index in [2.05, 4.69) is 15.9 Å². The number of aromatic hydroxyl groups is 1. The Kier molecular flexibility index (Phi) is 4.50. The Labute approximate surface area is 177 Å². The molecule has 0 saturated carbocycles. The molecule has 1 N–H and O–H groups in total. The quantitative estimate of drug-likeness (QED) is 0.606. The van der Waals surface area contributed by atoms with E-state index in [9.17, 15) is 9.90 Å². The maximum atomic E-state index is 11.9. The van der Waals surface area contributed by atoms with Gasteiger partial charge in [-0.3, -0.25) is 9.80 Å². The number of phenolic OH excluding ortho intramolecular Hbond substituents is 1. The molecule has 3 fully saturated rings. The molecule has 0 radical (unpaired) electrons. The van der Waals surface area contributed by atoms with Crippen molar-refractivity contribution in [1.29, 1.82) is 0 Å². The van der Waals surface area contributed by atoms with Crippen molar-refractivity contribution in [3.63, 3.8) is 0 Å². The summed E-state index contributed by atoms with van der Waals surface area (Å²) >= 11 is 0. The van der Waals surface area contributed by atoms with Gasteiger partial charge in [-0.25, -0.2) is 4.79 Å². The van der Waals surface area contributed by atoms with Crippen LogP contribution in [-0.2, 0) is 6.54 Å². The summed E-state index contributed by atoms with van der Waals surface area (Å²) in [6.45, 7) is 4.11. The number of benzene rings is 1. The van der Waals surface area contributed by atoms with E-state index < -0.39 is 0 Å². The Balaban J connectivity index is 1.36. The summed E-state index contributed by atoms with van der Waals surface area (Å²) in [5.41, 5.74) is 2.54. The van der Waals surface area contributed by atoms with Gasteiger partial charge in [0, 0.05) is 36.6 Å². The predicted molar refractivity (Wildman–Crippen MR) is 116 cm³/mol. The van der Waals surface area contributed by atoms with Crippen LogP contribution < -0.4 is 5.63 Å². The molecule has 30 heavy (non-hydrogen) atoms. The van der Waals surface area contributed by atoms with E-state index in [1.165, 1.54) is 51.3 Å². The molecular weight excluding hydrogens is 376 g/mol. The molecule has 5 nitrogen and oxygen atoms in total. The molecule has 3 saturated heterocycles. The summed E-state index contributed by atoms with van der Waals surface area (Å²) < 4.78 is 5.54. The molecular formula is C25H30N2O3. The molecule has 5 heteroatoms. The largest absolute Gasteiger partial charge is 0.507 e. The smallest absolute Gasteiger partial charge is 0.336 e. The van der Waals surface area contributed by atoms with Crippen LogP contribution in [0, 0.1) is 11.8 Å². The molecule has 4 heterocycles. The van der Waals surface area contributed by atoms with Crippen LogP contribution in [0.5, 0.6) is 5.75 Å². The van der Waals surface area contributed by atoms with E-state index in [0.29, 0.717) is 24.1 Å². The second kappa shape index (κ2) is 7.24. The molecule has 0 spiro atoms. The van der Waals surface area contributed by atoms with Crippen LogP contribution in [0.25, 0.3) is 11.0 Å². The second-order valence-corrected chi connectivity index (χ2v) is 9.71. The van der Waals surface area contributed by atoms with E-state index in [4.69, 9.17) is 4.42 Å². The summed E-state index contributed by atoms with van der Waals surface area (Å²) in [7, 11) is 0. The molecule has 1 aromatic carbocycles. The van der Waals surface area contributed by atoms with Gasteiger partial charge in [0.1, 0.15) is 11.3 Å². The molecule has 6 rings (SSSR count). The van der Waals surface area contributed by atoms with Crippen molar-refractivity contribution < 1.29 is 9.52 Å². The molecule has 4 atom stereocenters. The summed E-state index contributed by atoms with van der Waals surface area (Å²) in [6.07, 6.45) is 10.4. The first-order valence-electron chi connectivity index (χ1n) is 11.6. The second-order valence-electron chi connectivity index (χ2n) is 9.71. The molecule has 1 aromatic heterocycles. The number of fused-ring (bicyclic) bond motifs is 7.